The number of aromatic nitrogens is 4. The topological polar surface area (TPSA) is 110 Å². The van der Waals surface area contributed by atoms with Gasteiger partial charge in [0.2, 0.25) is 0 Å². The SMILES string of the molecule is CCCc1nnsc1C(=O)Nc1n[nH]c(C)c1N. The second kappa shape index (κ2) is 5.13. The molecule has 2 rings (SSSR count). The number of amides is 1. The van der Waals surface area contributed by atoms with Crippen LogP contribution in [0.25, 0.3) is 0 Å². The molecular weight excluding hydrogens is 252 g/mol. The summed E-state index contributed by atoms with van der Waals surface area (Å²) in [7, 11) is 0. The van der Waals surface area contributed by atoms with Gasteiger partial charge in [-0.15, -0.1) is 5.10 Å². The van der Waals surface area contributed by atoms with E-state index in [1.54, 1.807) is 6.92 Å². The Morgan fingerprint density at radius 1 is 1.56 bits per heavy atom. The minimum Gasteiger partial charge on any atom is -0.394 e. The van der Waals surface area contributed by atoms with Crippen molar-refractivity contribution in [2.24, 2.45) is 0 Å². The molecule has 1 amide bonds. The molecule has 0 saturated carbocycles. The summed E-state index contributed by atoms with van der Waals surface area (Å²) >= 11 is 1.08. The summed E-state index contributed by atoms with van der Waals surface area (Å²) in [4.78, 5) is 12.6. The van der Waals surface area contributed by atoms with Crippen molar-refractivity contribution in [1.82, 2.24) is 19.8 Å². The molecule has 0 atom stereocenters. The van der Waals surface area contributed by atoms with Crippen molar-refractivity contribution >= 4 is 28.9 Å². The molecule has 4 N–H and O–H groups in total. The van der Waals surface area contributed by atoms with E-state index < -0.39 is 0 Å². The quantitative estimate of drug-likeness (QED) is 0.774. The number of nitrogens with zero attached hydrogens (tertiary/aromatic N) is 3. The van der Waals surface area contributed by atoms with E-state index in [2.05, 4.69) is 25.1 Å². The van der Waals surface area contributed by atoms with E-state index in [-0.39, 0.29) is 5.91 Å². The Bertz CT molecular complexity index is 560. The van der Waals surface area contributed by atoms with E-state index in [1.165, 1.54) is 0 Å². The van der Waals surface area contributed by atoms with Crippen LogP contribution in [0, 0.1) is 6.92 Å². The predicted octanol–water partition coefficient (Wildman–Crippen LogP) is 1.36. The Hall–Kier alpha value is -1.96. The molecule has 0 fully saturated rings. The van der Waals surface area contributed by atoms with Gasteiger partial charge in [0.25, 0.3) is 5.91 Å². The van der Waals surface area contributed by atoms with Crippen molar-refractivity contribution in [2.45, 2.75) is 26.7 Å². The van der Waals surface area contributed by atoms with Crippen LogP contribution in [0.4, 0.5) is 11.5 Å². The molecule has 0 saturated heterocycles. The summed E-state index contributed by atoms with van der Waals surface area (Å²) in [5.41, 5.74) is 7.64. The Morgan fingerprint density at radius 3 is 2.94 bits per heavy atom. The molecule has 8 heteroatoms. The second-order valence-electron chi connectivity index (χ2n) is 3.86. The molecule has 0 aliphatic rings. The second-order valence-corrected chi connectivity index (χ2v) is 4.62. The Morgan fingerprint density at radius 2 is 2.33 bits per heavy atom. The lowest BCUT2D eigenvalue weighted by Crippen LogP contribution is -2.14. The number of anilines is 2. The average molecular weight is 266 g/mol. The van der Waals surface area contributed by atoms with Gasteiger partial charge in [0.1, 0.15) is 4.88 Å². The first-order chi connectivity index (χ1) is 8.63. The third kappa shape index (κ3) is 2.33. The summed E-state index contributed by atoms with van der Waals surface area (Å²) in [5, 5.41) is 13.2. The van der Waals surface area contributed by atoms with Crippen molar-refractivity contribution in [3.63, 3.8) is 0 Å². The lowest BCUT2D eigenvalue weighted by molar-refractivity contribution is 0.102. The zero-order valence-electron chi connectivity index (χ0n) is 10.1. The number of nitrogens with one attached hydrogen (secondary N) is 2. The van der Waals surface area contributed by atoms with Gasteiger partial charge in [-0.2, -0.15) is 5.10 Å². The summed E-state index contributed by atoms with van der Waals surface area (Å²) < 4.78 is 3.80. The summed E-state index contributed by atoms with van der Waals surface area (Å²) in [6.07, 6.45) is 1.64. The van der Waals surface area contributed by atoms with Crippen molar-refractivity contribution in [1.29, 1.82) is 0 Å². The fourth-order valence-electron chi connectivity index (χ4n) is 1.48. The van der Waals surface area contributed by atoms with Gasteiger partial charge < -0.3 is 11.1 Å². The monoisotopic (exact) mass is 266 g/mol. The Balaban J connectivity index is 2.17. The van der Waals surface area contributed by atoms with Gasteiger partial charge in [-0.25, -0.2) is 0 Å². The Kier molecular flexibility index (Phi) is 3.56. The van der Waals surface area contributed by atoms with E-state index in [0.29, 0.717) is 22.1 Å². The molecule has 0 aliphatic carbocycles. The van der Waals surface area contributed by atoms with E-state index >= 15 is 0 Å². The largest absolute Gasteiger partial charge is 0.394 e. The van der Waals surface area contributed by atoms with E-state index in [4.69, 9.17) is 5.73 Å². The molecule has 2 aromatic heterocycles. The van der Waals surface area contributed by atoms with Crippen LogP contribution in [-0.4, -0.2) is 25.7 Å². The highest BCUT2D eigenvalue weighted by Gasteiger charge is 2.18. The molecule has 96 valence electrons. The fourth-order valence-corrected chi connectivity index (χ4v) is 2.08. The number of aromatic amines is 1. The minimum atomic E-state index is -0.272. The zero-order chi connectivity index (χ0) is 13.1. The molecule has 2 heterocycles. The van der Waals surface area contributed by atoms with Gasteiger partial charge in [-0.3, -0.25) is 9.89 Å². The summed E-state index contributed by atoms with van der Waals surface area (Å²) in [5.74, 6) is 0.0694. The molecule has 0 aromatic carbocycles. The molecule has 2 aromatic rings. The lowest BCUT2D eigenvalue weighted by atomic mass is 10.2. The first-order valence-corrected chi connectivity index (χ1v) is 6.33. The zero-order valence-corrected chi connectivity index (χ0v) is 11.0. The van der Waals surface area contributed by atoms with Gasteiger partial charge in [0, 0.05) is 0 Å². The van der Waals surface area contributed by atoms with Crippen LogP contribution in [-0.2, 0) is 6.42 Å². The maximum Gasteiger partial charge on any atom is 0.270 e. The maximum absolute atomic E-state index is 12.0. The van der Waals surface area contributed by atoms with Crippen LogP contribution in [0.2, 0.25) is 0 Å². The van der Waals surface area contributed by atoms with Gasteiger partial charge in [0.05, 0.1) is 17.1 Å². The molecule has 0 aliphatic heterocycles. The lowest BCUT2D eigenvalue weighted by Gasteiger charge is -2.01. The number of nitrogen functional groups attached to an aromatic ring is 1. The number of H-pyrrole nitrogens is 1. The normalized spacial score (nSPS) is 10.6. The van der Waals surface area contributed by atoms with Gasteiger partial charge >= 0.3 is 0 Å². The average Bonchev–Trinajstić information content (AvgIpc) is 2.92. The van der Waals surface area contributed by atoms with Crippen molar-refractivity contribution < 1.29 is 4.79 Å². The van der Waals surface area contributed by atoms with Gasteiger partial charge in [-0.05, 0) is 24.9 Å². The number of hydrogen-bond donors (Lipinski definition) is 3. The minimum absolute atomic E-state index is 0.272. The summed E-state index contributed by atoms with van der Waals surface area (Å²) in [6.45, 7) is 3.81. The molecule has 18 heavy (non-hydrogen) atoms. The predicted molar refractivity (Wildman–Crippen MR) is 69.6 cm³/mol. The van der Waals surface area contributed by atoms with E-state index in [9.17, 15) is 4.79 Å². The number of hydrogen-bond acceptors (Lipinski definition) is 6. The highest BCUT2D eigenvalue weighted by atomic mass is 32.1. The van der Waals surface area contributed by atoms with Crippen molar-refractivity contribution in [3.05, 3.63) is 16.3 Å². The standard InChI is InChI=1S/C10H14N6OS/c1-3-4-6-8(18-16-14-6)10(17)12-9-7(11)5(2)13-15-9/h3-4,11H2,1-2H3,(H2,12,13,15,17). The highest BCUT2D eigenvalue weighted by Crippen LogP contribution is 2.20. The number of carbonyl (C=O) groups is 1. The smallest absolute Gasteiger partial charge is 0.270 e. The third-order valence-electron chi connectivity index (χ3n) is 2.48. The highest BCUT2D eigenvalue weighted by molar-refractivity contribution is 7.08. The van der Waals surface area contributed by atoms with E-state index in [0.717, 1.165) is 30.1 Å². The van der Waals surface area contributed by atoms with Crippen molar-refractivity contribution in [3.8, 4) is 0 Å². The molecular formula is C10H14N6OS. The third-order valence-corrected chi connectivity index (χ3v) is 3.24. The van der Waals surface area contributed by atoms with Crippen LogP contribution in [0.1, 0.15) is 34.4 Å². The number of aryl methyl sites for hydroxylation is 2. The van der Waals surface area contributed by atoms with Crippen LogP contribution in [0.15, 0.2) is 0 Å². The van der Waals surface area contributed by atoms with Gasteiger partial charge in [0.15, 0.2) is 5.82 Å². The van der Waals surface area contributed by atoms with Crippen LogP contribution >= 0.6 is 11.5 Å². The molecule has 7 nitrogen and oxygen atoms in total. The molecule has 0 bridgehead atoms. The van der Waals surface area contributed by atoms with Gasteiger partial charge in [-0.1, -0.05) is 17.8 Å². The van der Waals surface area contributed by atoms with Crippen molar-refractivity contribution in [2.75, 3.05) is 11.1 Å². The molecule has 0 radical (unpaired) electrons. The first-order valence-electron chi connectivity index (χ1n) is 5.56. The Labute approximate surface area is 108 Å². The maximum atomic E-state index is 12.0. The number of carbonyl (C=O) groups excluding carboxylic acids is 1. The van der Waals surface area contributed by atoms with Crippen LogP contribution in [0.3, 0.4) is 0 Å². The fraction of sp³-hybridized carbons (Fsp3) is 0.400. The summed E-state index contributed by atoms with van der Waals surface area (Å²) in [6, 6.07) is 0. The van der Waals surface area contributed by atoms with E-state index in [1.807, 2.05) is 6.92 Å². The molecule has 0 spiro atoms. The number of rotatable bonds is 4. The number of nitrogens with two attached hydrogens (primary N) is 1. The molecule has 0 unspecified atom stereocenters. The van der Waals surface area contributed by atoms with Crippen LogP contribution in [0.5, 0.6) is 0 Å². The first kappa shape index (κ1) is 12.5. The van der Waals surface area contributed by atoms with Crippen LogP contribution < -0.4 is 11.1 Å².